The number of amides is 1. The van der Waals surface area contributed by atoms with Crippen LogP contribution < -0.4 is 11.1 Å². The summed E-state index contributed by atoms with van der Waals surface area (Å²) in [5.41, 5.74) is 7.57. The third kappa shape index (κ3) is 3.32. The first-order chi connectivity index (χ1) is 7.15. The lowest BCUT2D eigenvalue weighted by Gasteiger charge is -2.10. The predicted octanol–water partition coefficient (Wildman–Crippen LogP) is 0.601. The second kappa shape index (κ2) is 5.46. The topological polar surface area (TPSA) is 68.0 Å². The van der Waals surface area contributed by atoms with Gasteiger partial charge in [0.15, 0.2) is 0 Å². The van der Waals surface area contributed by atoms with E-state index in [4.69, 9.17) is 5.73 Å². The highest BCUT2D eigenvalue weighted by Gasteiger charge is 2.10. The average Bonchev–Trinajstić information content (AvgIpc) is 2.26. The minimum atomic E-state index is -0.132. The number of pyridine rings is 1. The summed E-state index contributed by atoms with van der Waals surface area (Å²) in [6.07, 6.45) is 3.51. The van der Waals surface area contributed by atoms with Crippen molar-refractivity contribution in [2.24, 2.45) is 11.7 Å². The number of rotatable bonds is 4. The molecule has 0 spiro atoms. The molecule has 4 nitrogen and oxygen atoms in total. The molecule has 82 valence electrons. The van der Waals surface area contributed by atoms with E-state index < -0.39 is 0 Å². The van der Waals surface area contributed by atoms with Crippen LogP contribution in [0.3, 0.4) is 0 Å². The van der Waals surface area contributed by atoms with Crippen molar-refractivity contribution < 1.29 is 4.79 Å². The normalized spacial score (nSPS) is 12.2. The van der Waals surface area contributed by atoms with Gasteiger partial charge in [-0.1, -0.05) is 6.92 Å². The molecule has 1 atom stereocenters. The fourth-order valence-electron chi connectivity index (χ4n) is 1.16. The molecule has 0 aromatic carbocycles. The molecule has 0 saturated heterocycles. The van der Waals surface area contributed by atoms with Crippen molar-refractivity contribution >= 4 is 5.91 Å². The molecule has 1 aromatic rings. The number of aromatic nitrogens is 1. The summed E-state index contributed by atoms with van der Waals surface area (Å²) < 4.78 is 0. The average molecular weight is 207 g/mol. The summed E-state index contributed by atoms with van der Waals surface area (Å²) in [7, 11) is 0. The van der Waals surface area contributed by atoms with Crippen molar-refractivity contribution in [3.05, 3.63) is 29.6 Å². The van der Waals surface area contributed by atoms with Crippen LogP contribution in [0.15, 0.2) is 18.5 Å². The molecular weight excluding hydrogens is 190 g/mol. The molecule has 1 unspecified atom stereocenters. The van der Waals surface area contributed by atoms with Crippen LogP contribution in [0.1, 0.15) is 18.1 Å². The maximum absolute atomic E-state index is 11.5. The maximum Gasteiger partial charge on any atom is 0.224 e. The molecule has 1 aromatic heterocycles. The third-order valence-electron chi connectivity index (χ3n) is 2.39. The van der Waals surface area contributed by atoms with Crippen molar-refractivity contribution in [1.29, 1.82) is 0 Å². The number of nitrogens with two attached hydrogens (primary N) is 1. The van der Waals surface area contributed by atoms with E-state index >= 15 is 0 Å². The van der Waals surface area contributed by atoms with E-state index in [9.17, 15) is 4.79 Å². The Morgan fingerprint density at radius 3 is 3.00 bits per heavy atom. The number of carbonyl (C=O) groups is 1. The van der Waals surface area contributed by atoms with Crippen LogP contribution in [0.2, 0.25) is 0 Å². The van der Waals surface area contributed by atoms with Crippen molar-refractivity contribution in [2.75, 3.05) is 6.54 Å². The Hall–Kier alpha value is -1.42. The van der Waals surface area contributed by atoms with E-state index in [0.29, 0.717) is 13.1 Å². The van der Waals surface area contributed by atoms with Gasteiger partial charge >= 0.3 is 0 Å². The summed E-state index contributed by atoms with van der Waals surface area (Å²) in [4.78, 5) is 15.4. The summed E-state index contributed by atoms with van der Waals surface area (Å²) in [5, 5.41) is 2.84. The van der Waals surface area contributed by atoms with Gasteiger partial charge in [-0.25, -0.2) is 0 Å². The lowest BCUT2D eigenvalue weighted by atomic mass is 10.1. The highest BCUT2D eigenvalue weighted by atomic mass is 16.1. The molecule has 4 heteroatoms. The van der Waals surface area contributed by atoms with Gasteiger partial charge < -0.3 is 11.1 Å². The standard InChI is InChI=1S/C11H17N3O/c1-8(5-12)11(15)14-7-10-3-4-13-6-9(10)2/h3-4,6,8H,5,7,12H2,1-2H3,(H,14,15). The van der Waals surface area contributed by atoms with Gasteiger partial charge in [0.25, 0.3) is 0 Å². The molecular formula is C11H17N3O. The highest BCUT2D eigenvalue weighted by Crippen LogP contribution is 2.04. The van der Waals surface area contributed by atoms with E-state index in [2.05, 4.69) is 10.3 Å². The van der Waals surface area contributed by atoms with Gasteiger partial charge in [-0.2, -0.15) is 0 Å². The first-order valence-electron chi connectivity index (χ1n) is 5.02. The second-order valence-corrected chi connectivity index (χ2v) is 3.66. The van der Waals surface area contributed by atoms with Crippen LogP contribution in [0.4, 0.5) is 0 Å². The van der Waals surface area contributed by atoms with E-state index in [1.807, 2.05) is 19.9 Å². The van der Waals surface area contributed by atoms with Crippen LogP contribution in [0.5, 0.6) is 0 Å². The second-order valence-electron chi connectivity index (χ2n) is 3.66. The molecule has 0 fully saturated rings. The number of hydrogen-bond acceptors (Lipinski definition) is 3. The third-order valence-corrected chi connectivity index (χ3v) is 2.39. The number of aryl methyl sites for hydroxylation is 1. The quantitative estimate of drug-likeness (QED) is 0.759. The Morgan fingerprint density at radius 1 is 1.67 bits per heavy atom. The highest BCUT2D eigenvalue weighted by molar-refractivity contribution is 5.78. The molecule has 0 saturated carbocycles. The van der Waals surface area contributed by atoms with Gasteiger partial charge in [-0.3, -0.25) is 9.78 Å². The van der Waals surface area contributed by atoms with Gasteiger partial charge in [0.1, 0.15) is 0 Å². The van der Waals surface area contributed by atoms with E-state index in [-0.39, 0.29) is 11.8 Å². The maximum atomic E-state index is 11.5. The van der Waals surface area contributed by atoms with Crippen LogP contribution in [0, 0.1) is 12.8 Å². The van der Waals surface area contributed by atoms with Gasteiger partial charge in [-0.05, 0) is 24.1 Å². The molecule has 1 rings (SSSR count). The predicted molar refractivity (Wildman–Crippen MR) is 59.0 cm³/mol. The van der Waals surface area contributed by atoms with Gasteiger partial charge in [0, 0.05) is 31.4 Å². The summed E-state index contributed by atoms with van der Waals surface area (Å²) in [6, 6.07) is 1.91. The molecule has 0 bridgehead atoms. The first-order valence-corrected chi connectivity index (χ1v) is 5.02. The molecule has 15 heavy (non-hydrogen) atoms. The largest absolute Gasteiger partial charge is 0.352 e. The van der Waals surface area contributed by atoms with Crippen LogP contribution in [0.25, 0.3) is 0 Å². The van der Waals surface area contributed by atoms with Crippen LogP contribution in [-0.4, -0.2) is 17.4 Å². The summed E-state index contributed by atoms with van der Waals surface area (Å²) in [6.45, 7) is 4.70. The van der Waals surface area contributed by atoms with Crippen LogP contribution >= 0.6 is 0 Å². The molecule has 0 aliphatic heterocycles. The zero-order valence-corrected chi connectivity index (χ0v) is 9.16. The minimum absolute atomic E-state index is 0.00582. The summed E-state index contributed by atoms with van der Waals surface area (Å²) >= 11 is 0. The van der Waals surface area contributed by atoms with Crippen molar-refractivity contribution in [3.63, 3.8) is 0 Å². The van der Waals surface area contributed by atoms with Crippen LogP contribution in [-0.2, 0) is 11.3 Å². The molecule has 0 radical (unpaired) electrons. The Kier molecular flexibility index (Phi) is 4.24. The Balaban J connectivity index is 2.51. The lowest BCUT2D eigenvalue weighted by molar-refractivity contribution is -0.124. The zero-order chi connectivity index (χ0) is 11.3. The molecule has 3 N–H and O–H groups in total. The molecule has 1 heterocycles. The van der Waals surface area contributed by atoms with Crippen molar-refractivity contribution in [1.82, 2.24) is 10.3 Å². The Bertz CT molecular complexity index is 338. The Labute approximate surface area is 89.9 Å². The first kappa shape index (κ1) is 11.7. The SMILES string of the molecule is Cc1cnccc1CNC(=O)C(C)CN. The number of nitrogens with one attached hydrogen (secondary N) is 1. The lowest BCUT2D eigenvalue weighted by Crippen LogP contribution is -2.32. The van der Waals surface area contributed by atoms with Gasteiger partial charge in [0.05, 0.1) is 0 Å². The van der Waals surface area contributed by atoms with E-state index in [0.717, 1.165) is 11.1 Å². The molecule has 1 amide bonds. The van der Waals surface area contributed by atoms with Crippen molar-refractivity contribution in [3.8, 4) is 0 Å². The smallest absolute Gasteiger partial charge is 0.224 e. The zero-order valence-electron chi connectivity index (χ0n) is 9.16. The van der Waals surface area contributed by atoms with Gasteiger partial charge in [0.2, 0.25) is 5.91 Å². The number of nitrogens with zero attached hydrogens (tertiary/aromatic N) is 1. The van der Waals surface area contributed by atoms with E-state index in [1.54, 1.807) is 12.4 Å². The number of hydrogen-bond donors (Lipinski definition) is 2. The number of carbonyl (C=O) groups excluding carboxylic acids is 1. The fourth-order valence-corrected chi connectivity index (χ4v) is 1.16. The minimum Gasteiger partial charge on any atom is -0.352 e. The molecule has 0 aliphatic carbocycles. The monoisotopic (exact) mass is 207 g/mol. The summed E-state index contributed by atoms with van der Waals surface area (Å²) in [5.74, 6) is -0.138. The van der Waals surface area contributed by atoms with E-state index in [1.165, 1.54) is 0 Å². The van der Waals surface area contributed by atoms with Crippen molar-refractivity contribution in [2.45, 2.75) is 20.4 Å². The van der Waals surface area contributed by atoms with Gasteiger partial charge in [-0.15, -0.1) is 0 Å². The fraction of sp³-hybridized carbons (Fsp3) is 0.455. The molecule has 0 aliphatic rings. The Morgan fingerprint density at radius 2 is 2.40 bits per heavy atom.